The normalized spacial score (nSPS) is 17.8. The summed E-state index contributed by atoms with van der Waals surface area (Å²) in [5.41, 5.74) is 1.75. The van der Waals surface area contributed by atoms with E-state index in [2.05, 4.69) is 24.4 Å². The summed E-state index contributed by atoms with van der Waals surface area (Å²) >= 11 is 0. The molecule has 0 aromatic heterocycles. The van der Waals surface area contributed by atoms with Crippen LogP contribution in [-0.2, 0) is 16.1 Å². The third-order valence-electron chi connectivity index (χ3n) is 4.21. The first-order valence-electron chi connectivity index (χ1n) is 7.15. The van der Waals surface area contributed by atoms with Crippen molar-refractivity contribution < 1.29 is 9.53 Å². The molecular weight excluding hydrogens is 252 g/mol. The Morgan fingerprint density at radius 2 is 2.00 bits per heavy atom. The van der Waals surface area contributed by atoms with Gasteiger partial charge < -0.3 is 15.0 Å². The molecule has 0 spiro atoms. The zero-order chi connectivity index (χ0) is 14.6. The second-order valence-electron chi connectivity index (χ2n) is 5.54. The topological polar surface area (TPSA) is 41.6 Å². The van der Waals surface area contributed by atoms with Gasteiger partial charge in [-0.2, -0.15) is 0 Å². The van der Waals surface area contributed by atoms with E-state index in [9.17, 15) is 4.79 Å². The minimum atomic E-state index is -0.650. The van der Waals surface area contributed by atoms with Crippen molar-refractivity contribution >= 4 is 5.91 Å². The monoisotopic (exact) mass is 276 g/mol. The highest BCUT2D eigenvalue weighted by Gasteiger charge is 2.41. The van der Waals surface area contributed by atoms with Crippen molar-refractivity contribution in [3.05, 3.63) is 35.4 Å². The van der Waals surface area contributed by atoms with Crippen LogP contribution in [0.1, 0.15) is 24.0 Å². The van der Waals surface area contributed by atoms with Gasteiger partial charge in [0.15, 0.2) is 0 Å². The van der Waals surface area contributed by atoms with E-state index in [-0.39, 0.29) is 5.91 Å². The van der Waals surface area contributed by atoms with Crippen molar-refractivity contribution in [2.45, 2.75) is 31.9 Å². The summed E-state index contributed by atoms with van der Waals surface area (Å²) in [6.45, 7) is 4.36. The number of likely N-dealkylation sites (N-methyl/N-ethyl adjacent to an activating group) is 1. The summed E-state index contributed by atoms with van der Waals surface area (Å²) < 4.78 is 5.60. The van der Waals surface area contributed by atoms with E-state index in [1.807, 2.05) is 19.2 Å². The fraction of sp³-hybridized carbons (Fsp3) is 0.562. The first-order chi connectivity index (χ1) is 9.59. The van der Waals surface area contributed by atoms with Crippen LogP contribution < -0.4 is 5.32 Å². The molecule has 1 aliphatic heterocycles. The highest BCUT2D eigenvalue weighted by molar-refractivity contribution is 5.85. The van der Waals surface area contributed by atoms with Gasteiger partial charge >= 0.3 is 0 Å². The largest absolute Gasteiger partial charge is 0.368 e. The van der Waals surface area contributed by atoms with Gasteiger partial charge in [0.2, 0.25) is 0 Å². The van der Waals surface area contributed by atoms with Crippen LogP contribution in [0.2, 0.25) is 0 Å². The number of rotatable bonds is 4. The number of aryl methyl sites for hydroxylation is 1. The van der Waals surface area contributed by atoms with Gasteiger partial charge in [0.05, 0.1) is 0 Å². The van der Waals surface area contributed by atoms with E-state index in [1.165, 1.54) is 11.1 Å². The van der Waals surface area contributed by atoms with Crippen LogP contribution >= 0.6 is 0 Å². The summed E-state index contributed by atoms with van der Waals surface area (Å²) in [4.78, 5) is 14.5. The molecular formula is C16H24N2O2. The van der Waals surface area contributed by atoms with E-state index in [4.69, 9.17) is 4.74 Å². The van der Waals surface area contributed by atoms with Gasteiger partial charge in [0.1, 0.15) is 5.60 Å². The van der Waals surface area contributed by atoms with Crippen LogP contribution in [0.4, 0.5) is 0 Å². The first kappa shape index (κ1) is 15.0. The average molecular weight is 276 g/mol. The molecule has 0 unspecified atom stereocenters. The lowest BCUT2D eigenvalue weighted by molar-refractivity contribution is -0.157. The smallest absolute Gasteiger partial charge is 0.254 e. The van der Waals surface area contributed by atoms with Crippen LogP contribution in [0, 0.1) is 6.92 Å². The number of ether oxygens (including phenoxy) is 1. The number of hydrogen-bond donors (Lipinski definition) is 1. The molecule has 0 saturated carbocycles. The molecule has 1 aliphatic rings. The Hall–Kier alpha value is -1.39. The molecule has 0 aliphatic carbocycles. The van der Waals surface area contributed by atoms with Gasteiger partial charge in [-0.05, 0) is 44.0 Å². The SMILES string of the molecule is COC1(C(=O)N(C)Cc2ccccc2C)CCNCC1. The van der Waals surface area contributed by atoms with Gasteiger partial charge in [-0.15, -0.1) is 0 Å². The zero-order valence-electron chi connectivity index (χ0n) is 12.6. The molecule has 0 atom stereocenters. The molecule has 0 bridgehead atoms. The summed E-state index contributed by atoms with van der Waals surface area (Å²) in [5.74, 6) is 0.0877. The lowest BCUT2D eigenvalue weighted by atomic mass is 9.90. The lowest BCUT2D eigenvalue weighted by Gasteiger charge is -2.37. The van der Waals surface area contributed by atoms with Crippen LogP contribution in [0.25, 0.3) is 0 Å². The molecule has 1 amide bonds. The zero-order valence-corrected chi connectivity index (χ0v) is 12.6. The Balaban J connectivity index is 2.10. The second-order valence-corrected chi connectivity index (χ2v) is 5.54. The third-order valence-corrected chi connectivity index (χ3v) is 4.21. The van der Waals surface area contributed by atoms with Gasteiger partial charge in [-0.25, -0.2) is 0 Å². The van der Waals surface area contributed by atoms with Crippen molar-refractivity contribution in [3.63, 3.8) is 0 Å². The predicted molar refractivity (Wildman–Crippen MR) is 79.5 cm³/mol. The van der Waals surface area contributed by atoms with Crippen LogP contribution in [0.15, 0.2) is 24.3 Å². The Kier molecular flexibility index (Phi) is 4.78. The van der Waals surface area contributed by atoms with E-state index in [0.29, 0.717) is 6.54 Å². The summed E-state index contributed by atoms with van der Waals surface area (Å²) in [6, 6.07) is 8.17. The Bertz CT molecular complexity index is 467. The van der Waals surface area contributed by atoms with Gasteiger partial charge in [-0.1, -0.05) is 24.3 Å². The molecule has 1 heterocycles. The van der Waals surface area contributed by atoms with Crippen molar-refractivity contribution in [1.29, 1.82) is 0 Å². The molecule has 1 fully saturated rings. The Morgan fingerprint density at radius 3 is 2.60 bits per heavy atom. The molecule has 20 heavy (non-hydrogen) atoms. The Labute approximate surface area is 121 Å². The maximum atomic E-state index is 12.7. The average Bonchev–Trinajstić information content (AvgIpc) is 2.49. The number of methoxy groups -OCH3 is 1. The van der Waals surface area contributed by atoms with E-state index >= 15 is 0 Å². The number of hydrogen-bond acceptors (Lipinski definition) is 3. The van der Waals surface area contributed by atoms with Crippen LogP contribution in [0.3, 0.4) is 0 Å². The molecule has 2 rings (SSSR count). The minimum absolute atomic E-state index is 0.0877. The fourth-order valence-corrected chi connectivity index (χ4v) is 2.80. The lowest BCUT2D eigenvalue weighted by Crippen LogP contribution is -2.54. The maximum absolute atomic E-state index is 12.7. The van der Waals surface area contributed by atoms with E-state index in [1.54, 1.807) is 12.0 Å². The second kappa shape index (κ2) is 6.37. The van der Waals surface area contributed by atoms with E-state index in [0.717, 1.165) is 25.9 Å². The third kappa shape index (κ3) is 3.02. The quantitative estimate of drug-likeness (QED) is 0.910. The summed E-state index contributed by atoms with van der Waals surface area (Å²) in [5, 5.41) is 3.28. The van der Waals surface area contributed by atoms with Crippen molar-refractivity contribution in [3.8, 4) is 0 Å². The highest BCUT2D eigenvalue weighted by atomic mass is 16.5. The summed E-state index contributed by atoms with van der Waals surface area (Å²) in [6.07, 6.45) is 1.47. The maximum Gasteiger partial charge on any atom is 0.254 e. The molecule has 1 N–H and O–H groups in total. The van der Waals surface area contributed by atoms with Crippen LogP contribution in [0.5, 0.6) is 0 Å². The van der Waals surface area contributed by atoms with Gasteiger partial charge in [0, 0.05) is 20.7 Å². The van der Waals surface area contributed by atoms with E-state index < -0.39 is 5.60 Å². The number of piperidine rings is 1. The minimum Gasteiger partial charge on any atom is -0.368 e. The molecule has 1 aromatic rings. The number of carbonyl (C=O) groups is 1. The van der Waals surface area contributed by atoms with Crippen molar-refractivity contribution in [2.75, 3.05) is 27.2 Å². The first-order valence-corrected chi connectivity index (χ1v) is 7.15. The number of nitrogens with one attached hydrogen (secondary N) is 1. The summed E-state index contributed by atoms with van der Waals surface area (Å²) in [7, 11) is 3.50. The molecule has 0 radical (unpaired) electrons. The number of benzene rings is 1. The molecule has 1 saturated heterocycles. The molecule has 4 nitrogen and oxygen atoms in total. The number of amides is 1. The van der Waals surface area contributed by atoms with Crippen molar-refractivity contribution in [1.82, 2.24) is 10.2 Å². The molecule has 4 heteroatoms. The number of carbonyl (C=O) groups excluding carboxylic acids is 1. The fourth-order valence-electron chi connectivity index (χ4n) is 2.80. The standard InChI is InChI=1S/C16H24N2O2/c1-13-6-4-5-7-14(13)12-18(2)15(19)16(20-3)8-10-17-11-9-16/h4-7,17H,8-12H2,1-3H3. The molecule has 1 aromatic carbocycles. The van der Waals surface area contributed by atoms with Gasteiger partial charge in [0.25, 0.3) is 5.91 Å². The van der Waals surface area contributed by atoms with Crippen LogP contribution in [-0.4, -0.2) is 43.7 Å². The highest BCUT2D eigenvalue weighted by Crippen LogP contribution is 2.25. The number of nitrogens with zero attached hydrogens (tertiary/aromatic N) is 1. The van der Waals surface area contributed by atoms with Gasteiger partial charge in [-0.3, -0.25) is 4.79 Å². The Morgan fingerprint density at radius 1 is 1.35 bits per heavy atom. The predicted octanol–water partition coefficient (Wildman–Crippen LogP) is 1.72. The van der Waals surface area contributed by atoms with Crippen molar-refractivity contribution in [2.24, 2.45) is 0 Å². The molecule has 110 valence electrons.